The second-order valence-corrected chi connectivity index (χ2v) is 3.68. The van der Waals surface area contributed by atoms with Crippen molar-refractivity contribution in [3.05, 3.63) is 66.0 Å². The van der Waals surface area contributed by atoms with Crippen LogP contribution < -0.4 is 0 Å². The Labute approximate surface area is 101 Å². The molecule has 0 saturated carbocycles. The highest BCUT2D eigenvalue weighted by atomic mass is 16.3. The third-order valence-electron chi connectivity index (χ3n) is 2.29. The highest BCUT2D eigenvalue weighted by Crippen LogP contribution is 2.00. The van der Waals surface area contributed by atoms with Gasteiger partial charge in [0.15, 0.2) is 0 Å². The normalized spacial score (nSPS) is 11.4. The molecule has 2 heteroatoms. The van der Waals surface area contributed by atoms with Crippen LogP contribution >= 0.6 is 0 Å². The third kappa shape index (κ3) is 3.75. The molecule has 0 amide bonds. The van der Waals surface area contributed by atoms with E-state index in [1.807, 2.05) is 48.5 Å². The van der Waals surface area contributed by atoms with E-state index in [0.717, 1.165) is 11.3 Å². The van der Waals surface area contributed by atoms with Gasteiger partial charge in [0, 0.05) is 23.9 Å². The van der Waals surface area contributed by atoms with Gasteiger partial charge in [-0.05, 0) is 24.3 Å². The maximum atomic E-state index is 9.75. The van der Waals surface area contributed by atoms with Crippen LogP contribution in [0.4, 0.5) is 0 Å². The van der Waals surface area contributed by atoms with Gasteiger partial charge in [-0.2, -0.15) is 0 Å². The lowest BCUT2D eigenvalue weighted by atomic mass is 10.1. The molecule has 1 atom stereocenters. The number of aliphatic hydroxyl groups excluding tert-OH is 1. The van der Waals surface area contributed by atoms with Crippen molar-refractivity contribution in [3.63, 3.8) is 0 Å². The lowest BCUT2D eigenvalue weighted by Gasteiger charge is -2.01. The van der Waals surface area contributed by atoms with Gasteiger partial charge in [-0.1, -0.05) is 36.1 Å². The molecule has 0 fully saturated rings. The summed E-state index contributed by atoms with van der Waals surface area (Å²) in [5.41, 5.74) is 1.76. The number of rotatable bonds is 2. The average Bonchev–Trinajstić information content (AvgIpc) is 2.39. The smallest absolute Gasteiger partial charge is 0.120 e. The van der Waals surface area contributed by atoms with Crippen LogP contribution in [0.15, 0.2) is 54.7 Å². The predicted octanol–water partition coefficient (Wildman–Crippen LogP) is 2.04. The first-order chi connectivity index (χ1) is 8.34. The quantitative estimate of drug-likeness (QED) is 0.790. The number of benzene rings is 1. The number of aliphatic hydroxyl groups is 1. The zero-order valence-electron chi connectivity index (χ0n) is 9.38. The summed E-state index contributed by atoms with van der Waals surface area (Å²) in [6.45, 7) is 0. The molecule has 1 heterocycles. The number of hydrogen-bond acceptors (Lipinski definition) is 2. The van der Waals surface area contributed by atoms with Crippen LogP contribution in [-0.4, -0.2) is 16.2 Å². The number of nitrogens with zero attached hydrogens (tertiary/aromatic N) is 1. The van der Waals surface area contributed by atoms with Crippen molar-refractivity contribution >= 4 is 0 Å². The van der Waals surface area contributed by atoms with Crippen molar-refractivity contribution in [1.29, 1.82) is 0 Å². The second kappa shape index (κ2) is 5.83. The van der Waals surface area contributed by atoms with Crippen molar-refractivity contribution in [3.8, 4) is 11.8 Å². The van der Waals surface area contributed by atoms with Gasteiger partial charge in [0.05, 0.1) is 0 Å². The molecule has 2 rings (SSSR count). The van der Waals surface area contributed by atoms with Gasteiger partial charge in [-0.3, -0.25) is 4.98 Å². The molecule has 1 aromatic carbocycles. The molecule has 0 unspecified atom stereocenters. The minimum Gasteiger partial charge on any atom is -0.380 e. The standard InChI is InChI=1S/C15H13NO/c17-15(12-14-8-4-5-11-16-14)10-9-13-6-2-1-3-7-13/h1-8,11,15,17H,12H2/t15-/m0/s1. The first-order valence-corrected chi connectivity index (χ1v) is 5.49. The Kier molecular flexibility index (Phi) is 3.90. The highest BCUT2D eigenvalue weighted by molar-refractivity contribution is 5.34. The predicted molar refractivity (Wildman–Crippen MR) is 67.3 cm³/mol. The monoisotopic (exact) mass is 223 g/mol. The summed E-state index contributed by atoms with van der Waals surface area (Å²) in [7, 11) is 0. The van der Waals surface area contributed by atoms with Crippen molar-refractivity contribution in [1.82, 2.24) is 4.98 Å². The summed E-state index contributed by atoms with van der Waals surface area (Å²) in [6.07, 6.45) is 1.50. The first kappa shape index (κ1) is 11.4. The second-order valence-electron chi connectivity index (χ2n) is 3.68. The van der Waals surface area contributed by atoms with E-state index >= 15 is 0 Å². The summed E-state index contributed by atoms with van der Waals surface area (Å²) in [6, 6.07) is 15.3. The number of hydrogen-bond donors (Lipinski definition) is 1. The average molecular weight is 223 g/mol. The molecule has 84 valence electrons. The Bertz CT molecular complexity index is 511. The summed E-state index contributed by atoms with van der Waals surface area (Å²) >= 11 is 0. The maximum Gasteiger partial charge on any atom is 0.120 e. The summed E-state index contributed by atoms with van der Waals surface area (Å²) < 4.78 is 0. The molecular formula is C15H13NO. The van der Waals surface area contributed by atoms with Gasteiger partial charge in [0.1, 0.15) is 6.10 Å². The van der Waals surface area contributed by atoms with E-state index in [-0.39, 0.29) is 0 Å². The van der Waals surface area contributed by atoms with Crippen LogP contribution in [0.5, 0.6) is 0 Å². The van der Waals surface area contributed by atoms with Gasteiger partial charge in [0.2, 0.25) is 0 Å². The summed E-state index contributed by atoms with van der Waals surface area (Å²) in [4.78, 5) is 4.15. The van der Waals surface area contributed by atoms with Crippen molar-refractivity contribution in [2.75, 3.05) is 0 Å². The van der Waals surface area contributed by atoms with E-state index in [2.05, 4.69) is 16.8 Å². The molecule has 0 saturated heterocycles. The molecule has 0 radical (unpaired) electrons. The SMILES string of the molecule is O[C@@H](C#Cc1ccccc1)Cc1ccccn1. The number of pyridine rings is 1. The largest absolute Gasteiger partial charge is 0.380 e. The lowest BCUT2D eigenvalue weighted by Crippen LogP contribution is -2.08. The van der Waals surface area contributed by atoms with Crippen LogP contribution in [0.25, 0.3) is 0 Å². The maximum absolute atomic E-state index is 9.75. The Morgan fingerprint density at radius 1 is 1.06 bits per heavy atom. The molecule has 0 aliphatic carbocycles. The summed E-state index contributed by atoms with van der Waals surface area (Å²) in [5.74, 6) is 5.75. The van der Waals surface area contributed by atoms with E-state index < -0.39 is 6.10 Å². The molecule has 0 aliphatic rings. The van der Waals surface area contributed by atoms with Crippen LogP contribution in [0, 0.1) is 11.8 Å². The minimum absolute atomic E-state index is 0.459. The zero-order chi connectivity index (χ0) is 11.9. The Balaban J connectivity index is 1.99. The zero-order valence-corrected chi connectivity index (χ0v) is 9.38. The van der Waals surface area contributed by atoms with Crippen LogP contribution in [-0.2, 0) is 6.42 Å². The van der Waals surface area contributed by atoms with Crippen LogP contribution in [0.3, 0.4) is 0 Å². The Morgan fingerprint density at radius 3 is 2.53 bits per heavy atom. The third-order valence-corrected chi connectivity index (χ3v) is 2.29. The van der Waals surface area contributed by atoms with Gasteiger partial charge in [0.25, 0.3) is 0 Å². The number of aromatic nitrogens is 1. The van der Waals surface area contributed by atoms with E-state index in [0.29, 0.717) is 6.42 Å². The van der Waals surface area contributed by atoms with E-state index in [4.69, 9.17) is 0 Å². The van der Waals surface area contributed by atoms with E-state index in [1.165, 1.54) is 0 Å². The van der Waals surface area contributed by atoms with Crippen molar-refractivity contribution < 1.29 is 5.11 Å². The van der Waals surface area contributed by atoms with E-state index in [9.17, 15) is 5.11 Å². The van der Waals surface area contributed by atoms with E-state index in [1.54, 1.807) is 6.20 Å². The van der Waals surface area contributed by atoms with Crippen molar-refractivity contribution in [2.45, 2.75) is 12.5 Å². The molecular weight excluding hydrogens is 210 g/mol. The van der Waals surface area contributed by atoms with Crippen LogP contribution in [0.1, 0.15) is 11.3 Å². The Hall–Kier alpha value is -2.11. The van der Waals surface area contributed by atoms with Gasteiger partial charge in [-0.15, -0.1) is 0 Å². The molecule has 1 N–H and O–H groups in total. The molecule has 17 heavy (non-hydrogen) atoms. The fraction of sp³-hybridized carbons (Fsp3) is 0.133. The van der Waals surface area contributed by atoms with Gasteiger partial charge >= 0.3 is 0 Å². The van der Waals surface area contributed by atoms with Gasteiger partial charge < -0.3 is 5.11 Å². The molecule has 2 aromatic rings. The highest BCUT2D eigenvalue weighted by Gasteiger charge is 2.01. The fourth-order valence-electron chi connectivity index (χ4n) is 1.46. The molecule has 1 aromatic heterocycles. The fourth-order valence-corrected chi connectivity index (χ4v) is 1.46. The molecule has 0 spiro atoms. The van der Waals surface area contributed by atoms with Crippen LogP contribution in [0.2, 0.25) is 0 Å². The Morgan fingerprint density at radius 2 is 1.82 bits per heavy atom. The summed E-state index contributed by atoms with van der Waals surface area (Å²) in [5, 5.41) is 9.75. The molecule has 0 bridgehead atoms. The minimum atomic E-state index is -0.676. The molecule has 2 nitrogen and oxygen atoms in total. The first-order valence-electron chi connectivity index (χ1n) is 5.49. The topological polar surface area (TPSA) is 33.1 Å². The molecule has 0 aliphatic heterocycles. The lowest BCUT2D eigenvalue weighted by molar-refractivity contribution is 0.232. The van der Waals surface area contributed by atoms with Gasteiger partial charge in [-0.25, -0.2) is 0 Å². The van der Waals surface area contributed by atoms with Crippen molar-refractivity contribution in [2.24, 2.45) is 0 Å².